The van der Waals surface area contributed by atoms with Gasteiger partial charge in [-0.3, -0.25) is 4.79 Å². The minimum absolute atomic E-state index is 0.0858. The maximum atomic E-state index is 13.3. The molecule has 0 N–H and O–H groups in total. The molecule has 0 radical (unpaired) electrons. The summed E-state index contributed by atoms with van der Waals surface area (Å²) >= 11 is 0. The van der Waals surface area contributed by atoms with Crippen molar-refractivity contribution in [3.8, 4) is 0 Å². The molecule has 0 saturated carbocycles. The first-order chi connectivity index (χ1) is 13.2. The number of likely N-dealkylation sites (tertiary alicyclic amines) is 1. The van der Waals surface area contributed by atoms with E-state index in [0.29, 0.717) is 5.56 Å². The van der Waals surface area contributed by atoms with Crippen molar-refractivity contribution in [3.05, 3.63) is 65.7 Å². The van der Waals surface area contributed by atoms with Crippen molar-refractivity contribution in [3.63, 3.8) is 0 Å². The van der Waals surface area contributed by atoms with Crippen LogP contribution in [0.1, 0.15) is 41.6 Å². The Hall–Kier alpha value is -2.95. The van der Waals surface area contributed by atoms with Gasteiger partial charge in [0.2, 0.25) is 0 Å². The lowest BCUT2D eigenvalue weighted by molar-refractivity contribution is 0.0719. The average molecular weight is 360 g/mol. The standard InChI is InChI=1S/C22H24N4O/c1-25-21-16-18(12-14-20(21)23-24-25)22(27)26-15-7-3-6-10-19(26)13-11-17-8-4-2-5-9-17/h2,4-5,8-9,11-14,16,19H,3,6-7,10,15H2,1H3/b13-11+. The monoisotopic (exact) mass is 360 g/mol. The summed E-state index contributed by atoms with van der Waals surface area (Å²) in [5, 5.41) is 8.13. The molecule has 5 heteroatoms. The first-order valence-corrected chi connectivity index (χ1v) is 9.56. The van der Waals surface area contributed by atoms with Gasteiger partial charge >= 0.3 is 0 Å². The summed E-state index contributed by atoms with van der Waals surface area (Å²) in [6, 6.07) is 16.0. The summed E-state index contributed by atoms with van der Waals surface area (Å²) < 4.78 is 1.71. The molecule has 2 aromatic carbocycles. The smallest absolute Gasteiger partial charge is 0.254 e. The summed E-state index contributed by atoms with van der Waals surface area (Å²) in [5.41, 5.74) is 3.56. The van der Waals surface area contributed by atoms with Gasteiger partial charge in [0.25, 0.3) is 5.91 Å². The number of benzene rings is 2. The fourth-order valence-electron chi connectivity index (χ4n) is 3.70. The van der Waals surface area contributed by atoms with E-state index in [-0.39, 0.29) is 11.9 Å². The Labute approximate surface area is 159 Å². The predicted molar refractivity (Wildman–Crippen MR) is 107 cm³/mol. The van der Waals surface area contributed by atoms with E-state index >= 15 is 0 Å². The van der Waals surface area contributed by atoms with Crippen molar-refractivity contribution in [1.82, 2.24) is 19.9 Å². The van der Waals surface area contributed by atoms with E-state index in [2.05, 4.69) is 34.6 Å². The average Bonchev–Trinajstić information content (AvgIpc) is 2.92. The van der Waals surface area contributed by atoms with Crippen molar-refractivity contribution in [1.29, 1.82) is 0 Å². The van der Waals surface area contributed by atoms with Crippen LogP contribution in [0.25, 0.3) is 17.1 Å². The van der Waals surface area contributed by atoms with Crippen LogP contribution in [0.5, 0.6) is 0 Å². The first-order valence-electron chi connectivity index (χ1n) is 9.56. The van der Waals surface area contributed by atoms with Gasteiger partial charge in [-0.25, -0.2) is 4.68 Å². The van der Waals surface area contributed by atoms with Crippen molar-refractivity contribution in [2.24, 2.45) is 7.05 Å². The normalized spacial score (nSPS) is 18.1. The number of amides is 1. The highest BCUT2D eigenvalue weighted by Gasteiger charge is 2.25. The summed E-state index contributed by atoms with van der Waals surface area (Å²) in [7, 11) is 1.85. The van der Waals surface area contributed by atoms with Crippen LogP contribution in [-0.2, 0) is 7.05 Å². The van der Waals surface area contributed by atoms with Crippen molar-refractivity contribution < 1.29 is 4.79 Å². The van der Waals surface area contributed by atoms with Crippen molar-refractivity contribution in [2.45, 2.75) is 31.7 Å². The van der Waals surface area contributed by atoms with Crippen LogP contribution >= 0.6 is 0 Å². The minimum atomic E-state index is 0.0858. The quantitative estimate of drug-likeness (QED) is 0.707. The van der Waals surface area contributed by atoms with E-state index in [1.165, 1.54) is 6.42 Å². The number of rotatable bonds is 3. The molecule has 1 saturated heterocycles. The lowest BCUT2D eigenvalue weighted by atomic mass is 10.1. The zero-order valence-corrected chi connectivity index (χ0v) is 15.6. The van der Waals surface area contributed by atoms with Gasteiger partial charge in [-0.05, 0) is 36.6 Å². The highest BCUT2D eigenvalue weighted by molar-refractivity contribution is 5.97. The number of nitrogens with zero attached hydrogens (tertiary/aromatic N) is 4. The van der Waals surface area contributed by atoms with Gasteiger partial charge < -0.3 is 4.90 Å². The molecule has 0 spiro atoms. The molecule has 1 aliphatic heterocycles. The summed E-state index contributed by atoms with van der Waals surface area (Å²) in [5.74, 6) is 0.0858. The second-order valence-electron chi connectivity index (χ2n) is 7.10. The van der Waals surface area contributed by atoms with Crippen LogP contribution < -0.4 is 0 Å². The van der Waals surface area contributed by atoms with Crippen molar-refractivity contribution in [2.75, 3.05) is 6.54 Å². The number of aryl methyl sites for hydroxylation is 1. The summed E-state index contributed by atoms with van der Waals surface area (Å²) in [6.45, 7) is 0.796. The number of carbonyl (C=O) groups is 1. The minimum Gasteiger partial charge on any atom is -0.332 e. The molecular weight excluding hydrogens is 336 g/mol. The molecule has 1 unspecified atom stereocenters. The predicted octanol–water partition coefficient (Wildman–Crippen LogP) is 4.07. The summed E-state index contributed by atoms with van der Waals surface area (Å²) in [6.07, 6.45) is 8.69. The van der Waals surface area contributed by atoms with Crippen LogP contribution in [0, 0.1) is 0 Å². The van der Waals surface area contributed by atoms with Crippen LogP contribution in [-0.4, -0.2) is 38.4 Å². The number of hydrogen-bond donors (Lipinski definition) is 0. The van der Waals surface area contributed by atoms with Crippen LogP contribution in [0.15, 0.2) is 54.6 Å². The largest absolute Gasteiger partial charge is 0.332 e. The van der Waals surface area contributed by atoms with Gasteiger partial charge in [-0.15, -0.1) is 5.10 Å². The molecule has 3 aromatic rings. The number of aromatic nitrogens is 3. The van der Waals surface area contributed by atoms with Crippen LogP contribution in [0.4, 0.5) is 0 Å². The topological polar surface area (TPSA) is 51.0 Å². The molecule has 4 rings (SSSR count). The Bertz CT molecular complexity index is 961. The Kier molecular flexibility index (Phi) is 5.01. The highest BCUT2D eigenvalue weighted by atomic mass is 16.2. The third kappa shape index (κ3) is 3.77. The lowest BCUT2D eigenvalue weighted by Crippen LogP contribution is -2.38. The SMILES string of the molecule is Cn1nnc2ccc(C(=O)N3CCCCCC3/C=C/c3ccccc3)cc21. The number of carbonyl (C=O) groups excluding carboxylic acids is 1. The molecule has 0 aliphatic carbocycles. The second kappa shape index (κ2) is 7.74. The Balaban J connectivity index is 1.61. The first kappa shape index (κ1) is 17.5. The highest BCUT2D eigenvalue weighted by Crippen LogP contribution is 2.22. The van der Waals surface area contributed by atoms with E-state index in [1.807, 2.05) is 48.3 Å². The van der Waals surface area contributed by atoms with Gasteiger partial charge in [-0.2, -0.15) is 0 Å². The second-order valence-corrected chi connectivity index (χ2v) is 7.10. The van der Waals surface area contributed by atoms with E-state index in [0.717, 1.165) is 42.4 Å². The molecule has 2 heterocycles. The fourth-order valence-corrected chi connectivity index (χ4v) is 3.70. The van der Waals surface area contributed by atoms with Gasteiger partial charge in [0.15, 0.2) is 0 Å². The Morgan fingerprint density at radius 2 is 1.96 bits per heavy atom. The molecule has 27 heavy (non-hydrogen) atoms. The van der Waals surface area contributed by atoms with Crippen molar-refractivity contribution >= 4 is 23.0 Å². The molecule has 0 bridgehead atoms. The molecule has 1 aliphatic rings. The maximum Gasteiger partial charge on any atom is 0.254 e. The molecule has 5 nitrogen and oxygen atoms in total. The van der Waals surface area contributed by atoms with Crippen LogP contribution in [0.2, 0.25) is 0 Å². The molecule has 1 fully saturated rings. The van der Waals surface area contributed by atoms with Crippen LogP contribution in [0.3, 0.4) is 0 Å². The zero-order chi connectivity index (χ0) is 18.6. The fraction of sp³-hybridized carbons (Fsp3) is 0.318. The lowest BCUT2D eigenvalue weighted by Gasteiger charge is -2.28. The molecule has 1 atom stereocenters. The molecule has 1 amide bonds. The molecule has 1 aromatic heterocycles. The number of fused-ring (bicyclic) bond motifs is 1. The summed E-state index contributed by atoms with van der Waals surface area (Å²) in [4.78, 5) is 15.3. The van der Waals surface area contributed by atoms with Gasteiger partial charge in [-0.1, -0.05) is 60.5 Å². The zero-order valence-electron chi connectivity index (χ0n) is 15.6. The Morgan fingerprint density at radius 3 is 2.81 bits per heavy atom. The molecular formula is C22H24N4O. The third-order valence-electron chi connectivity index (χ3n) is 5.23. The van der Waals surface area contributed by atoms with E-state index < -0.39 is 0 Å². The number of hydrogen-bond acceptors (Lipinski definition) is 3. The van der Waals surface area contributed by atoms with E-state index in [9.17, 15) is 4.79 Å². The van der Waals surface area contributed by atoms with E-state index in [1.54, 1.807) is 4.68 Å². The van der Waals surface area contributed by atoms with Gasteiger partial charge in [0.1, 0.15) is 5.52 Å². The maximum absolute atomic E-state index is 13.3. The van der Waals surface area contributed by atoms with E-state index in [4.69, 9.17) is 0 Å². The van der Waals surface area contributed by atoms with Gasteiger partial charge in [0.05, 0.1) is 11.6 Å². The third-order valence-corrected chi connectivity index (χ3v) is 5.23. The molecule has 138 valence electrons. The Morgan fingerprint density at radius 1 is 1.11 bits per heavy atom. The van der Waals surface area contributed by atoms with Gasteiger partial charge in [0, 0.05) is 19.2 Å².